The molecule has 1 unspecified atom stereocenters. The minimum absolute atomic E-state index is 0.0328. The molecule has 1 atom stereocenters. The Labute approximate surface area is 112 Å². The standard InChI is InChI=1S/C9H18O5.C3H4O2/c10-3-1-2-9(6-11,7-12)14-5-8-4-13-8;1-2-3(4)5/h8,10-12H,1-7H2;2H,1H2,(H,4,5). The lowest BCUT2D eigenvalue weighted by molar-refractivity contribution is -0.131. The summed E-state index contributed by atoms with van der Waals surface area (Å²) in [5.74, 6) is -0.981. The smallest absolute Gasteiger partial charge is 0.327 e. The first kappa shape index (κ1) is 18.0. The number of aliphatic carboxylic acids is 1. The van der Waals surface area contributed by atoms with Gasteiger partial charge in [-0.3, -0.25) is 0 Å². The highest BCUT2D eigenvalue weighted by Gasteiger charge is 2.33. The van der Waals surface area contributed by atoms with E-state index < -0.39 is 11.6 Å². The molecular formula is C12H22O7. The van der Waals surface area contributed by atoms with E-state index in [9.17, 15) is 4.79 Å². The summed E-state index contributed by atoms with van der Waals surface area (Å²) in [6.07, 6.45) is 1.90. The average Bonchev–Trinajstić information content (AvgIpc) is 3.25. The van der Waals surface area contributed by atoms with Crippen molar-refractivity contribution in [2.24, 2.45) is 0 Å². The van der Waals surface area contributed by atoms with Crippen molar-refractivity contribution in [3.63, 3.8) is 0 Å². The van der Waals surface area contributed by atoms with Crippen LogP contribution in [0.2, 0.25) is 0 Å². The Balaban J connectivity index is 0.000000555. The fourth-order valence-electron chi connectivity index (χ4n) is 1.21. The van der Waals surface area contributed by atoms with E-state index in [1.54, 1.807) is 0 Å². The van der Waals surface area contributed by atoms with Crippen molar-refractivity contribution < 1.29 is 34.7 Å². The number of rotatable bonds is 9. The number of ether oxygens (including phenoxy) is 2. The van der Waals surface area contributed by atoms with Gasteiger partial charge in [-0.25, -0.2) is 4.79 Å². The molecule has 112 valence electrons. The normalized spacial score (nSPS) is 17.3. The molecule has 0 saturated carbocycles. The Hall–Kier alpha value is -0.990. The van der Waals surface area contributed by atoms with E-state index in [0.29, 0.717) is 26.1 Å². The van der Waals surface area contributed by atoms with Gasteiger partial charge in [0.05, 0.1) is 26.4 Å². The molecule has 7 heteroatoms. The van der Waals surface area contributed by atoms with Gasteiger partial charge in [0.1, 0.15) is 11.7 Å². The van der Waals surface area contributed by atoms with Crippen LogP contribution in [0.4, 0.5) is 0 Å². The maximum atomic E-state index is 9.25. The van der Waals surface area contributed by atoms with E-state index in [2.05, 4.69) is 6.58 Å². The highest BCUT2D eigenvalue weighted by atomic mass is 16.6. The van der Waals surface area contributed by atoms with Gasteiger partial charge in [-0.2, -0.15) is 0 Å². The van der Waals surface area contributed by atoms with Crippen LogP contribution in [0.1, 0.15) is 12.8 Å². The van der Waals surface area contributed by atoms with Crippen LogP contribution in [-0.4, -0.2) is 71.1 Å². The monoisotopic (exact) mass is 278 g/mol. The van der Waals surface area contributed by atoms with E-state index in [1.807, 2.05) is 0 Å². The lowest BCUT2D eigenvalue weighted by Crippen LogP contribution is -2.42. The summed E-state index contributed by atoms with van der Waals surface area (Å²) in [5, 5.41) is 34.5. The third-order valence-corrected chi connectivity index (χ3v) is 2.52. The second-order valence-corrected chi connectivity index (χ2v) is 4.14. The Kier molecular flexibility index (Phi) is 9.36. The molecule has 7 nitrogen and oxygen atoms in total. The van der Waals surface area contributed by atoms with Gasteiger partial charge in [0.2, 0.25) is 0 Å². The summed E-state index contributed by atoms with van der Waals surface area (Å²) in [6.45, 7) is 3.60. The number of epoxide rings is 1. The molecule has 0 radical (unpaired) electrons. The summed E-state index contributed by atoms with van der Waals surface area (Å²) >= 11 is 0. The van der Waals surface area contributed by atoms with Crippen molar-refractivity contribution in [2.75, 3.05) is 33.0 Å². The summed E-state index contributed by atoms with van der Waals surface area (Å²) in [5.41, 5.74) is -0.922. The first-order valence-corrected chi connectivity index (χ1v) is 5.97. The van der Waals surface area contributed by atoms with Crippen LogP contribution in [-0.2, 0) is 14.3 Å². The Morgan fingerprint density at radius 1 is 1.42 bits per heavy atom. The zero-order valence-corrected chi connectivity index (χ0v) is 10.8. The first-order chi connectivity index (χ1) is 9.03. The van der Waals surface area contributed by atoms with Gasteiger partial charge < -0.3 is 29.9 Å². The van der Waals surface area contributed by atoms with Gasteiger partial charge in [-0.15, -0.1) is 0 Å². The van der Waals surface area contributed by atoms with Gasteiger partial charge in [0.25, 0.3) is 0 Å². The number of aliphatic hydroxyl groups is 3. The average molecular weight is 278 g/mol. The van der Waals surface area contributed by atoms with Crippen molar-refractivity contribution >= 4 is 5.97 Å². The second kappa shape index (κ2) is 9.88. The summed E-state index contributed by atoms with van der Waals surface area (Å²) in [6, 6.07) is 0. The van der Waals surface area contributed by atoms with Gasteiger partial charge in [-0.05, 0) is 12.8 Å². The summed E-state index contributed by atoms with van der Waals surface area (Å²) in [4.78, 5) is 9.25. The fraction of sp³-hybridized carbons (Fsp3) is 0.750. The SMILES string of the molecule is C=CC(=O)O.OCCCC(CO)(CO)OCC1CO1. The topological polar surface area (TPSA) is 120 Å². The molecular weight excluding hydrogens is 256 g/mol. The number of carbonyl (C=O) groups is 1. The summed E-state index contributed by atoms with van der Waals surface area (Å²) in [7, 11) is 0. The van der Waals surface area contributed by atoms with Crippen molar-refractivity contribution in [2.45, 2.75) is 24.5 Å². The molecule has 1 aliphatic rings. The van der Waals surface area contributed by atoms with Crippen LogP contribution >= 0.6 is 0 Å². The first-order valence-electron chi connectivity index (χ1n) is 5.97. The third-order valence-electron chi connectivity index (χ3n) is 2.52. The minimum atomic E-state index is -0.981. The second-order valence-electron chi connectivity index (χ2n) is 4.14. The Morgan fingerprint density at radius 2 is 1.95 bits per heavy atom. The molecule has 0 amide bonds. The molecule has 1 rings (SSSR count). The largest absolute Gasteiger partial charge is 0.478 e. The molecule has 1 aliphatic heterocycles. The Morgan fingerprint density at radius 3 is 2.26 bits per heavy atom. The van der Waals surface area contributed by atoms with Crippen molar-refractivity contribution in [1.82, 2.24) is 0 Å². The number of carboxylic acids is 1. The molecule has 1 heterocycles. The van der Waals surface area contributed by atoms with Gasteiger partial charge >= 0.3 is 5.97 Å². The zero-order chi connectivity index (χ0) is 14.7. The molecule has 0 aromatic rings. The lowest BCUT2D eigenvalue weighted by atomic mass is 10.00. The highest BCUT2D eigenvalue weighted by Crippen LogP contribution is 2.20. The molecule has 0 aromatic carbocycles. The van der Waals surface area contributed by atoms with Crippen LogP contribution < -0.4 is 0 Å². The molecule has 0 spiro atoms. The Bertz CT molecular complexity index is 259. The van der Waals surface area contributed by atoms with Crippen LogP contribution in [0.25, 0.3) is 0 Å². The van der Waals surface area contributed by atoms with Gasteiger partial charge in [0.15, 0.2) is 0 Å². The number of aliphatic hydroxyl groups excluding tert-OH is 3. The highest BCUT2D eigenvalue weighted by molar-refractivity contribution is 5.78. The quantitative estimate of drug-likeness (QED) is 0.320. The van der Waals surface area contributed by atoms with Crippen molar-refractivity contribution in [1.29, 1.82) is 0 Å². The maximum absolute atomic E-state index is 9.25. The predicted octanol–water partition coefficient (Wildman–Crippen LogP) is -0.845. The minimum Gasteiger partial charge on any atom is -0.478 e. The van der Waals surface area contributed by atoms with E-state index in [4.69, 9.17) is 29.9 Å². The van der Waals surface area contributed by atoms with E-state index in [0.717, 1.165) is 6.08 Å². The number of hydrogen-bond donors (Lipinski definition) is 4. The van der Waals surface area contributed by atoms with E-state index in [-0.39, 0.29) is 25.9 Å². The lowest BCUT2D eigenvalue weighted by Gasteiger charge is -2.29. The third kappa shape index (κ3) is 8.68. The predicted molar refractivity (Wildman–Crippen MR) is 66.7 cm³/mol. The number of hydrogen-bond acceptors (Lipinski definition) is 6. The van der Waals surface area contributed by atoms with Crippen LogP contribution in [0.5, 0.6) is 0 Å². The molecule has 0 bridgehead atoms. The van der Waals surface area contributed by atoms with Crippen LogP contribution in [0, 0.1) is 0 Å². The molecule has 0 aromatic heterocycles. The molecule has 1 saturated heterocycles. The fourth-order valence-corrected chi connectivity index (χ4v) is 1.21. The van der Waals surface area contributed by atoms with Gasteiger partial charge in [-0.1, -0.05) is 6.58 Å². The summed E-state index contributed by atoms with van der Waals surface area (Å²) < 4.78 is 10.4. The number of carboxylic acid groups (broad SMARTS) is 1. The van der Waals surface area contributed by atoms with Crippen molar-refractivity contribution in [3.8, 4) is 0 Å². The molecule has 4 N–H and O–H groups in total. The van der Waals surface area contributed by atoms with Crippen LogP contribution in [0.15, 0.2) is 12.7 Å². The van der Waals surface area contributed by atoms with Crippen LogP contribution in [0.3, 0.4) is 0 Å². The van der Waals surface area contributed by atoms with E-state index >= 15 is 0 Å². The van der Waals surface area contributed by atoms with E-state index in [1.165, 1.54) is 0 Å². The van der Waals surface area contributed by atoms with Crippen molar-refractivity contribution in [3.05, 3.63) is 12.7 Å². The maximum Gasteiger partial charge on any atom is 0.327 e. The molecule has 1 fully saturated rings. The molecule has 19 heavy (non-hydrogen) atoms. The molecule has 0 aliphatic carbocycles. The van der Waals surface area contributed by atoms with Gasteiger partial charge in [0, 0.05) is 12.7 Å². The zero-order valence-electron chi connectivity index (χ0n) is 10.8.